The summed E-state index contributed by atoms with van der Waals surface area (Å²) in [7, 11) is -3.40. The maximum absolute atomic E-state index is 12.0. The predicted octanol–water partition coefficient (Wildman–Crippen LogP) is 1.97. The molecule has 0 aliphatic carbocycles. The summed E-state index contributed by atoms with van der Waals surface area (Å²) in [4.78, 5) is 10.7. The van der Waals surface area contributed by atoms with Crippen molar-refractivity contribution in [2.24, 2.45) is 0 Å². The van der Waals surface area contributed by atoms with Gasteiger partial charge in [0.1, 0.15) is 22.3 Å². The van der Waals surface area contributed by atoms with Gasteiger partial charge in [0, 0.05) is 25.4 Å². The van der Waals surface area contributed by atoms with Gasteiger partial charge in [0.25, 0.3) is 0 Å². The monoisotopic (exact) mass is 376 g/mol. The SMILES string of the molecule is Cc1ncc(S(C)(=O)=O)c(N[C@H]2CCCN(Cc3cccc(O)c3)C2)n1. The lowest BCUT2D eigenvalue weighted by Gasteiger charge is -2.33. The van der Waals surface area contributed by atoms with Gasteiger partial charge < -0.3 is 10.4 Å². The number of phenolic OH excluding ortho intramolecular Hbond substituents is 1. The Kier molecular flexibility index (Phi) is 5.43. The Bertz CT molecular complexity index is 886. The van der Waals surface area contributed by atoms with Crippen LogP contribution in [0, 0.1) is 6.92 Å². The first-order chi connectivity index (χ1) is 12.3. The van der Waals surface area contributed by atoms with Gasteiger partial charge in [0.05, 0.1) is 6.20 Å². The number of aromatic nitrogens is 2. The number of piperidine rings is 1. The minimum Gasteiger partial charge on any atom is -0.508 e. The number of phenols is 1. The molecule has 26 heavy (non-hydrogen) atoms. The van der Waals surface area contributed by atoms with Gasteiger partial charge >= 0.3 is 0 Å². The molecule has 2 N–H and O–H groups in total. The van der Waals surface area contributed by atoms with E-state index in [-0.39, 0.29) is 16.7 Å². The van der Waals surface area contributed by atoms with E-state index < -0.39 is 9.84 Å². The number of aryl methyl sites for hydroxylation is 1. The summed E-state index contributed by atoms with van der Waals surface area (Å²) in [6, 6.07) is 7.37. The van der Waals surface area contributed by atoms with Crippen molar-refractivity contribution >= 4 is 15.7 Å². The van der Waals surface area contributed by atoms with Gasteiger partial charge in [-0.2, -0.15) is 0 Å². The fraction of sp³-hybridized carbons (Fsp3) is 0.444. The zero-order valence-corrected chi connectivity index (χ0v) is 15.8. The highest BCUT2D eigenvalue weighted by atomic mass is 32.2. The normalized spacial score (nSPS) is 18.6. The van der Waals surface area contributed by atoms with E-state index in [1.165, 1.54) is 12.5 Å². The van der Waals surface area contributed by atoms with Crippen LogP contribution in [-0.2, 0) is 16.4 Å². The average molecular weight is 376 g/mol. The van der Waals surface area contributed by atoms with E-state index in [1.807, 2.05) is 12.1 Å². The molecule has 1 aliphatic rings. The van der Waals surface area contributed by atoms with Crippen LogP contribution < -0.4 is 5.32 Å². The molecule has 1 aromatic carbocycles. The van der Waals surface area contributed by atoms with Crippen molar-refractivity contribution in [1.29, 1.82) is 0 Å². The van der Waals surface area contributed by atoms with Crippen LogP contribution in [0.25, 0.3) is 0 Å². The number of hydrogen-bond acceptors (Lipinski definition) is 7. The van der Waals surface area contributed by atoms with Gasteiger partial charge in [-0.05, 0) is 44.0 Å². The number of anilines is 1. The molecule has 0 radical (unpaired) electrons. The Morgan fingerprint density at radius 2 is 2.19 bits per heavy atom. The largest absolute Gasteiger partial charge is 0.508 e. The molecule has 0 spiro atoms. The van der Waals surface area contributed by atoms with Gasteiger partial charge in [-0.3, -0.25) is 4.90 Å². The van der Waals surface area contributed by atoms with Gasteiger partial charge in [-0.15, -0.1) is 0 Å². The molecule has 8 heteroatoms. The van der Waals surface area contributed by atoms with Gasteiger partial charge in [0.2, 0.25) is 0 Å². The van der Waals surface area contributed by atoms with Crippen LogP contribution in [0.4, 0.5) is 5.82 Å². The third-order valence-corrected chi connectivity index (χ3v) is 5.54. The van der Waals surface area contributed by atoms with Crippen LogP contribution in [0.5, 0.6) is 5.75 Å². The Morgan fingerprint density at radius 3 is 2.92 bits per heavy atom. The second kappa shape index (κ2) is 7.59. The number of sulfone groups is 1. The number of nitrogens with one attached hydrogen (secondary N) is 1. The Hall–Kier alpha value is -2.19. The summed E-state index contributed by atoms with van der Waals surface area (Å²) >= 11 is 0. The third-order valence-electron chi connectivity index (χ3n) is 4.44. The number of benzene rings is 1. The highest BCUT2D eigenvalue weighted by molar-refractivity contribution is 7.90. The standard InChI is InChI=1S/C18H24N4O3S/c1-13-19-10-17(26(2,24)25)18(20-13)21-15-6-4-8-22(12-15)11-14-5-3-7-16(23)9-14/h3,5,7,9-10,15,23H,4,6,8,11-12H2,1-2H3,(H,19,20,21)/t15-/m0/s1. The van der Waals surface area contributed by atoms with Crippen molar-refractivity contribution in [3.63, 3.8) is 0 Å². The summed E-state index contributed by atoms with van der Waals surface area (Å²) in [5.41, 5.74) is 1.06. The van der Waals surface area contributed by atoms with Gasteiger partial charge in [-0.1, -0.05) is 12.1 Å². The number of nitrogens with zero attached hydrogens (tertiary/aromatic N) is 3. The summed E-state index contributed by atoms with van der Waals surface area (Å²) < 4.78 is 24.0. The smallest absolute Gasteiger partial charge is 0.180 e. The summed E-state index contributed by atoms with van der Waals surface area (Å²) in [5, 5.41) is 12.9. The summed E-state index contributed by atoms with van der Waals surface area (Å²) in [6.07, 6.45) is 4.49. The maximum atomic E-state index is 12.0. The van der Waals surface area contributed by atoms with E-state index >= 15 is 0 Å². The van der Waals surface area contributed by atoms with Crippen molar-refractivity contribution in [3.8, 4) is 5.75 Å². The molecule has 7 nitrogen and oxygen atoms in total. The molecular weight excluding hydrogens is 352 g/mol. The number of aromatic hydroxyl groups is 1. The lowest BCUT2D eigenvalue weighted by atomic mass is 10.0. The molecule has 1 fully saturated rings. The molecule has 0 bridgehead atoms. The Morgan fingerprint density at radius 1 is 1.38 bits per heavy atom. The first kappa shape index (κ1) is 18.6. The second-order valence-electron chi connectivity index (χ2n) is 6.79. The Labute approximate surface area is 154 Å². The minimum atomic E-state index is -3.40. The molecule has 2 heterocycles. The third kappa shape index (κ3) is 4.70. The molecule has 1 atom stereocenters. The fourth-order valence-corrected chi connectivity index (χ4v) is 3.96. The van der Waals surface area contributed by atoms with E-state index in [0.29, 0.717) is 11.6 Å². The molecule has 1 saturated heterocycles. The van der Waals surface area contributed by atoms with E-state index in [0.717, 1.165) is 38.0 Å². The molecule has 1 aromatic heterocycles. The second-order valence-corrected chi connectivity index (χ2v) is 8.77. The van der Waals surface area contributed by atoms with Crippen molar-refractivity contribution < 1.29 is 13.5 Å². The summed E-state index contributed by atoms with van der Waals surface area (Å²) in [5.74, 6) is 1.18. The number of likely N-dealkylation sites (tertiary alicyclic amines) is 1. The molecule has 140 valence electrons. The zero-order chi connectivity index (χ0) is 18.7. The molecular formula is C18H24N4O3S. The lowest BCUT2D eigenvalue weighted by Crippen LogP contribution is -2.42. The Balaban J connectivity index is 1.72. The predicted molar refractivity (Wildman–Crippen MR) is 99.9 cm³/mol. The quantitative estimate of drug-likeness (QED) is 0.824. The van der Waals surface area contributed by atoms with Crippen LogP contribution >= 0.6 is 0 Å². The molecule has 3 rings (SSSR count). The number of rotatable bonds is 5. The molecule has 0 saturated carbocycles. The molecule has 0 amide bonds. The van der Waals surface area contributed by atoms with Crippen LogP contribution in [0.1, 0.15) is 24.2 Å². The zero-order valence-electron chi connectivity index (χ0n) is 15.0. The van der Waals surface area contributed by atoms with Crippen LogP contribution in [0.3, 0.4) is 0 Å². The van der Waals surface area contributed by atoms with Crippen LogP contribution in [0.15, 0.2) is 35.4 Å². The first-order valence-corrected chi connectivity index (χ1v) is 10.5. The van der Waals surface area contributed by atoms with E-state index in [9.17, 15) is 13.5 Å². The molecule has 0 unspecified atom stereocenters. The van der Waals surface area contributed by atoms with E-state index in [2.05, 4.69) is 20.2 Å². The van der Waals surface area contributed by atoms with Crippen molar-refractivity contribution in [3.05, 3.63) is 41.9 Å². The van der Waals surface area contributed by atoms with Crippen LogP contribution in [0.2, 0.25) is 0 Å². The highest BCUT2D eigenvalue weighted by Gasteiger charge is 2.23. The lowest BCUT2D eigenvalue weighted by molar-refractivity contribution is 0.208. The van der Waals surface area contributed by atoms with Crippen molar-refractivity contribution in [1.82, 2.24) is 14.9 Å². The fourth-order valence-electron chi connectivity index (χ4n) is 3.26. The average Bonchev–Trinajstić information content (AvgIpc) is 2.54. The van der Waals surface area contributed by atoms with Crippen molar-refractivity contribution in [2.75, 3.05) is 24.7 Å². The van der Waals surface area contributed by atoms with Crippen LogP contribution in [-0.4, -0.2) is 53.8 Å². The van der Waals surface area contributed by atoms with Gasteiger partial charge in [-0.25, -0.2) is 18.4 Å². The topological polar surface area (TPSA) is 95.4 Å². The number of hydrogen-bond donors (Lipinski definition) is 2. The maximum Gasteiger partial charge on any atom is 0.180 e. The van der Waals surface area contributed by atoms with Gasteiger partial charge in [0.15, 0.2) is 9.84 Å². The summed E-state index contributed by atoms with van der Waals surface area (Å²) in [6.45, 7) is 4.23. The first-order valence-electron chi connectivity index (χ1n) is 8.62. The highest BCUT2D eigenvalue weighted by Crippen LogP contribution is 2.22. The molecule has 2 aromatic rings. The van der Waals surface area contributed by atoms with Crippen molar-refractivity contribution in [2.45, 2.75) is 37.2 Å². The minimum absolute atomic E-state index is 0.107. The van der Waals surface area contributed by atoms with E-state index in [4.69, 9.17) is 0 Å². The van der Waals surface area contributed by atoms with E-state index in [1.54, 1.807) is 19.1 Å². The molecule has 1 aliphatic heterocycles.